The van der Waals surface area contributed by atoms with Crippen LogP contribution in [0.5, 0.6) is 0 Å². The number of para-hydroxylation sites is 2. The van der Waals surface area contributed by atoms with Gasteiger partial charge in [-0.25, -0.2) is 4.98 Å². The summed E-state index contributed by atoms with van der Waals surface area (Å²) in [7, 11) is 0. The van der Waals surface area contributed by atoms with Gasteiger partial charge in [-0.1, -0.05) is 12.1 Å². The first-order valence-electron chi connectivity index (χ1n) is 7.00. The molecule has 1 aliphatic carbocycles. The van der Waals surface area contributed by atoms with Gasteiger partial charge in [-0.05, 0) is 51.3 Å². The van der Waals surface area contributed by atoms with Crippen LogP contribution >= 0.6 is 0 Å². The molecular weight excluding hydrogens is 222 g/mol. The molecule has 1 N–H and O–H groups in total. The van der Waals surface area contributed by atoms with Crippen molar-refractivity contribution in [3.63, 3.8) is 0 Å². The Labute approximate surface area is 107 Å². The van der Waals surface area contributed by atoms with Crippen LogP contribution in [0.4, 0.5) is 0 Å². The second-order valence-electron chi connectivity index (χ2n) is 5.89. The highest BCUT2D eigenvalue weighted by atomic mass is 15.2. The number of nitrogens with zero attached hydrogens (tertiary/aromatic N) is 2. The summed E-state index contributed by atoms with van der Waals surface area (Å²) in [6, 6.07) is 9.24. The van der Waals surface area contributed by atoms with Crippen LogP contribution in [0, 0.1) is 0 Å². The molecule has 94 valence electrons. The number of benzene rings is 1. The zero-order valence-electron chi connectivity index (χ0n) is 10.8. The lowest BCUT2D eigenvalue weighted by Crippen LogP contribution is -2.36. The number of imidazole rings is 1. The van der Waals surface area contributed by atoms with E-state index < -0.39 is 0 Å². The van der Waals surface area contributed by atoms with Crippen LogP contribution in [0.2, 0.25) is 0 Å². The van der Waals surface area contributed by atoms with Crippen LogP contribution in [0.3, 0.4) is 0 Å². The molecule has 3 heteroatoms. The smallest absolute Gasteiger partial charge is 0.130 e. The van der Waals surface area contributed by atoms with Gasteiger partial charge in [0.2, 0.25) is 0 Å². The molecule has 1 aromatic carbocycles. The normalized spacial score (nSPS) is 28.1. The van der Waals surface area contributed by atoms with Gasteiger partial charge in [-0.2, -0.15) is 0 Å². The summed E-state index contributed by atoms with van der Waals surface area (Å²) in [5, 5.41) is 3.65. The molecule has 1 saturated heterocycles. The van der Waals surface area contributed by atoms with Crippen molar-refractivity contribution in [1.29, 1.82) is 0 Å². The molecule has 2 fully saturated rings. The summed E-state index contributed by atoms with van der Waals surface area (Å²) in [4.78, 5) is 4.93. The zero-order valence-corrected chi connectivity index (χ0v) is 10.8. The largest absolute Gasteiger partial charge is 0.323 e. The molecular formula is C15H19N3. The number of hydrogen-bond acceptors (Lipinski definition) is 2. The van der Waals surface area contributed by atoms with Crippen molar-refractivity contribution >= 4 is 11.0 Å². The minimum Gasteiger partial charge on any atom is -0.323 e. The van der Waals surface area contributed by atoms with Crippen molar-refractivity contribution < 1.29 is 0 Å². The number of aromatic nitrogens is 2. The van der Waals surface area contributed by atoms with E-state index in [0.29, 0.717) is 6.04 Å². The fraction of sp³-hybridized carbons (Fsp3) is 0.533. The van der Waals surface area contributed by atoms with Gasteiger partial charge >= 0.3 is 0 Å². The predicted molar refractivity (Wildman–Crippen MR) is 72.6 cm³/mol. The lowest BCUT2D eigenvalue weighted by molar-refractivity contribution is 0.389. The first-order valence-corrected chi connectivity index (χ1v) is 7.00. The number of rotatable bonds is 2. The molecule has 1 aromatic heterocycles. The average molecular weight is 241 g/mol. The molecule has 2 aliphatic rings. The van der Waals surface area contributed by atoms with E-state index in [4.69, 9.17) is 4.98 Å². The van der Waals surface area contributed by atoms with E-state index in [0.717, 1.165) is 12.1 Å². The molecule has 1 saturated carbocycles. The molecule has 3 nitrogen and oxygen atoms in total. The van der Waals surface area contributed by atoms with Crippen LogP contribution in [0.15, 0.2) is 24.3 Å². The summed E-state index contributed by atoms with van der Waals surface area (Å²) < 4.78 is 2.49. The van der Waals surface area contributed by atoms with Crippen LogP contribution in [-0.2, 0) is 5.54 Å². The third kappa shape index (κ3) is 1.43. The Hall–Kier alpha value is -1.35. The van der Waals surface area contributed by atoms with Crippen LogP contribution < -0.4 is 5.32 Å². The van der Waals surface area contributed by atoms with E-state index >= 15 is 0 Å². The van der Waals surface area contributed by atoms with Crippen LogP contribution in [0.1, 0.15) is 44.5 Å². The monoisotopic (exact) mass is 241 g/mol. The SMILES string of the molecule is CC1(c2nc3ccccc3n2C2CC2)CCCN1. The molecule has 1 atom stereocenters. The van der Waals surface area contributed by atoms with Crippen molar-refractivity contribution in [1.82, 2.24) is 14.9 Å². The summed E-state index contributed by atoms with van der Waals surface area (Å²) >= 11 is 0. The molecule has 4 rings (SSSR count). The Morgan fingerprint density at radius 1 is 1.33 bits per heavy atom. The van der Waals surface area contributed by atoms with E-state index in [2.05, 4.69) is 41.1 Å². The minimum absolute atomic E-state index is 0.0710. The molecule has 0 spiro atoms. The maximum atomic E-state index is 4.93. The molecule has 18 heavy (non-hydrogen) atoms. The first kappa shape index (κ1) is 10.6. The minimum atomic E-state index is 0.0710. The summed E-state index contributed by atoms with van der Waals surface area (Å²) in [6.07, 6.45) is 5.07. The third-order valence-corrected chi connectivity index (χ3v) is 4.37. The first-order chi connectivity index (χ1) is 8.78. The van der Waals surface area contributed by atoms with Crippen molar-refractivity contribution in [2.45, 2.75) is 44.2 Å². The summed E-state index contributed by atoms with van der Waals surface area (Å²) in [5.74, 6) is 1.25. The number of nitrogens with one attached hydrogen (secondary N) is 1. The van der Waals surface area contributed by atoms with Crippen molar-refractivity contribution in [2.75, 3.05) is 6.54 Å². The topological polar surface area (TPSA) is 29.9 Å². The second kappa shape index (κ2) is 3.58. The van der Waals surface area contributed by atoms with Gasteiger partial charge in [0.25, 0.3) is 0 Å². The predicted octanol–water partition coefficient (Wildman–Crippen LogP) is 2.97. The molecule has 1 aliphatic heterocycles. The Morgan fingerprint density at radius 2 is 2.17 bits per heavy atom. The highest BCUT2D eigenvalue weighted by Gasteiger charge is 2.38. The van der Waals surface area contributed by atoms with Gasteiger partial charge in [0, 0.05) is 6.04 Å². The fourth-order valence-corrected chi connectivity index (χ4v) is 3.22. The Kier molecular flexibility index (Phi) is 2.10. The van der Waals surface area contributed by atoms with E-state index in [1.807, 2.05) is 0 Å². The molecule has 0 bridgehead atoms. The highest BCUT2D eigenvalue weighted by Crippen LogP contribution is 2.42. The quantitative estimate of drug-likeness (QED) is 0.876. The van der Waals surface area contributed by atoms with Gasteiger partial charge in [0.1, 0.15) is 5.82 Å². The maximum Gasteiger partial charge on any atom is 0.130 e. The highest BCUT2D eigenvalue weighted by molar-refractivity contribution is 5.76. The summed E-state index contributed by atoms with van der Waals surface area (Å²) in [5.41, 5.74) is 2.53. The second-order valence-corrected chi connectivity index (χ2v) is 5.89. The van der Waals surface area contributed by atoms with E-state index in [9.17, 15) is 0 Å². The third-order valence-electron chi connectivity index (χ3n) is 4.37. The fourth-order valence-electron chi connectivity index (χ4n) is 3.22. The summed E-state index contributed by atoms with van der Waals surface area (Å²) in [6.45, 7) is 3.42. The molecule has 2 aromatic rings. The van der Waals surface area contributed by atoms with Gasteiger partial charge in [0.15, 0.2) is 0 Å². The van der Waals surface area contributed by atoms with Crippen molar-refractivity contribution in [3.8, 4) is 0 Å². The zero-order chi connectivity index (χ0) is 12.2. The Morgan fingerprint density at radius 3 is 2.89 bits per heavy atom. The standard InChI is InChI=1S/C15H19N3/c1-15(9-4-10-16-15)14-17-12-5-2-3-6-13(12)18(14)11-7-8-11/h2-3,5-6,11,16H,4,7-10H2,1H3. The molecule has 1 unspecified atom stereocenters. The Bertz CT molecular complexity index is 589. The average Bonchev–Trinajstić information content (AvgIpc) is 2.99. The van der Waals surface area contributed by atoms with Gasteiger partial charge < -0.3 is 9.88 Å². The van der Waals surface area contributed by atoms with Gasteiger partial charge in [0.05, 0.1) is 16.6 Å². The van der Waals surface area contributed by atoms with E-state index in [1.165, 1.54) is 37.0 Å². The molecule has 0 amide bonds. The van der Waals surface area contributed by atoms with Crippen LogP contribution in [0.25, 0.3) is 11.0 Å². The lowest BCUT2D eigenvalue weighted by Gasteiger charge is -2.25. The van der Waals surface area contributed by atoms with Crippen molar-refractivity contribution in [2.24, 2.45) is 0 Å². The Balaban J connectivity index is 1.96. The van der Waals surface area contributed by atoms with Crippen molar-refractivity contribution in [3.05, 3.63) is 30.1 Å². The van der Waals surface area contributed by atoms with E-state index in [-0.39, 0.29) is 5.54 Å². The van der Waals surface area contributed by atoms with E-state index in [1.54, 1.807) is 0 Å². The molecule has 2 heterocycles. The lowest BCUT2D eigenvalue weighted by atomic mass is 9.99. The number of hydrogen-bond donors (Lipinski definition) is 1. The van der Waals surface area contributed by atoms with Crippen LogP contribution in [-0.4, -0.2) is 16.1 Å². The molecule has 0 radical (unpaired) electrons. The number of fused-ring (bicyclic) bond motifs is 1. The maximum absolute atomic E-state index is 4.93. The van der Waals surface area contributed by atoms with Gasteiger partial charge in [-0.15, -0.1) is 0 Å². The van der Waals surface area contributed by atoms with Gasteiger partial charge in [-0.3, -0.25) is 0 Å².